The molecule has 0 bridgehead atoms. The van der Waals surface area contributed by atoms with Crippen molar-refractivity contribution in [1.29, 1.82) is 0 Å². The first-order valence-electron chi connectivity index (χ1n) is 3.91. The SMILES string of the molecule is OCCc1cn2nc(I)ccc2n1. The first kappa shape index (κ1) is 8.89. The van der Waals surface area contributed by atoms with Crippen LogP contribution in [0.3, 0.4) is 0 Å². The van der Waals surface area contributed by atoms with Crippen LogP contribution in [-0.2, 0) is 6.42 Å². The van der Waals surface area contributed by atoms with Gasteiger partial charge < -0.3 is 5.11 Å². The zero-order valence-corrected chi connectivity index (χ0v) is 8.97. The number of rotatable bonds is 2. The Kier molecular flexibility index (Phi) is 2.45. The third-order valence-electron chi connectivity index (χ3n) is 1.71. The summed E-state index contributed by atoms with van der Waals surface area (Å²) in [5.74, 6) is 0. The van der Waals surface area contributed by atoms with Gasteiger partial charge in [-0.1, -0.05) is 0 Å². The molecule has 0 unspecified atom stereocenters. The lowest BCUT2D eigenvalue weighted by molar-refractivity contribution is 0.298. The van der Waals surface area contributed by atoms with E-state index in [-0.39, 0.29) is 6.61 Å². The fourth-order valence-electron chi connectivity index (χ4n) is 1.14. The lowest BCUT2D eigenvalue weighted by Crippen LogP contribution is -1.91. The van der Waals surface area contributed by atoms with Gasteiger partial charge in [0.15, 0.2) is 5.65 Å². The van der Waals surface area contributed by atoms with E-state index in [1.165, 1.54) is 0 Å². The normalized spacial score (nSPS) is 10.9. The third-order valence-corrected chi connectivity index (χ3v) is 2.28. The van der Waals surface area contributed by atoms with E-state index in [9.17, 15) is 0 Å². The highest BCUT2D eigenvalue weighted by molar-refractivity contribution is 14.1. The molecule has 0 aliphatic rings. The zero-order chi connectivity index (χ0) is 9.26. The minimum absolute atomic E-state index is 0.126. The van der Waals surface area contributed by atoms with Gasteiger partial charge in [-0.25, -0.2) is 9.50 Å². The van der Waals surface area contributed by atoms with Crippen LogP contribution in [0.2, 0.25) is 0 Å². The maximum atomic E-state index is 8.73. The Morgan fingerprint density at radius 1 is 1.46 bits per heavy atom. The first-order valence-corrected chi connectivity index (χ1v) is 4.99. The first-order chi connectivity index (χ1) is 6.29. The molecule has 0 atom stereocenters. The molecule has 2 rings (SSSR count). The number of imidazole rings is 1. The molecule has 68 valence electrons. The fourth-order valence-corrected chi connectivity index (χ4v) is 1.56. The number of nitrogens with zero attached hydrogens (tertiary/aromatic N) is 3. The molecule has 0 aliphatic heterocycles. The molecule has 0 spiro atoms. The van der Waals surface area contributed by atoms with Crippen molar-refractivity contribution in [3.63, 3.8) is 0 Å². The summed E-state index contributed by atoms with van der Waals surface area (Å²) >= 11 is 2.15. The molecule has 0 fully saturated rings. The minimum Gasteiger partial charge on any atom is -0.396 e. The van der Waals surface area contributed by atoms with E-state index in [1.54, 1.807) is 4.52 Å². The maximum absolute atomic E-state index is 8.73. The molecule has 0 aromatic carbocycles. The molecule has 5 heteroatoms. The number of hydrogen-bond donors (Lipinski definition) is 1. The summed E-state index contributed by atoms with van der Waals surface area (Å²) in [6.45, 7) is 0.126. The monoisotopic (exact) mass is 289 g/mol. The zero-order valence-electron chi connectivity index (χ0n) is 6.81. The summed E-state index contributed by atoms with van der Waals surface area (Å²) in [6, 6.07) is 3.82. The second-order valence-electron chi connectivity index (χ2n) is 2.66. The van der Waals surface area contributed by atoms with Gasteiger partial charge in [0.2, 0.25) is 0 Å². The number of halogens is 1. The lowest BCUT2D eigenvalue weighted by atomic mass is 10.4. The number of aliphatic hydroxyl groups is 1. The summed E-state index contributed by atoms with van der Waals surface area (Å²) < 4.78 is 2.66. The molecular weight excluding hydrogens is 281 g/mol. The van der Waals surface area contributed by atoms with Crippen molar-refractivity contribution in [2.75, 3.05) is 6.61 Å². The predicted octanol–water partition coefficient (Wildman–Crippen LogP) is 0.869. The summed E-state index contributed by atoms with van der Waals surface area (Å²) in [7, 11) is 0. The molecule has 2 aromatic rings. The second-order valence-corrected chi connectivity index (χ2v) is 3.77. The van der Waals surface area contributed by atoms with Crippen molar-refractivity contribution in [3.05, 3.63) is 27.7 Å². The molecule has 1 N–H and O–H groups in total. The molecule has 0 saturated carbocycles. The Morgan fingerprint density at radius 2 is 2.31 bits per heavy atom. The number of aromatic nitrogens is 3. The summed E-state index contributed by atoms with van der Waals surface area (Å²) in [6.07, 6.45) is 2.42. The van der Waals surface area contributed by atoms with Gasteiger partial charge in [0, 0.05) is 13.0 Å². The van der Waals surface area contributed by atoms with E-state index in [2.05, 4.69) is 32.7 Å². The lowest BCUT2D eigenvalue weighted by Gasteiger charge is -1.90. The number of fused-ring (bicyclic) bond motifs is 1. The molecule has 2 heterocycles. The van der Waals surface area contributed by atoms with Crippen LogP contribution in [0.25, 0.3) is 5.65 Å². The Balaban J connectivity index is 2.49. The van der Waals surface area contributed by atoms with Gasteiger partial charge in [-0.3, -0.25) is 0 Å². The van der Waals surface area contributed by atoms with Gasteiger partial charge in [-0.2, -0.15) is 5.10 Å². The van der Waals surface area contributed by atoms with Crippen LogP contribution in [0.1, 0.15) is 5.69 Å². The van der Waals surface area contributed by atoms with Crippen molar-refractivity contribution in [2.24, 2.45) is 0 Å². The van der Waals surface area contributed by atoms with Crippen molar-refractivity contribution in [2.45, 2.75) is 6.42 Å². The summed E-state index contributed by atoms with van der Waals surface area (Å²) in [4.78, 5) is 4.28. The van der Waals surface area contributed by atoms with Crippen LogP contribution in [0.5, 0.6) is 0 Å². The largest absolute Gasteiger partial charge is 0.396 e. The van der Waals surface area contributed by atoms with Gasteiger partial charge >= 0.3 is 0 Å². The van der Waals surface area contributed by atoms with Crippen LogP contribution in [0.4, 0.5) is 0 Å². The smallest absolute Gasteiger partial charge is 0.153 e. The Labute approximate surface area is 88.7 Å². The van der Waals surface area contributed by atoms with Crippen molar-refractivity contribution < 1.29 is 5.11 Å². The Hall–Kier alpha value is -0.690. The predicted molar refractivity (Wildman–Crippen MR) is 56.5 cm³/mol. The summed E-state index contributed by atoms with van der Waals surface area (Å²) in [5, 5.41) is 13.0. The van der Waals surface area contributed by atoms with E-state index in [0.717, 1.165) is 15.0 Å². The molecule has 0 saturated heterocycles. The quantitative estimate of drug-likeness (QED) is 0.835. The average molecular weight is 289 g/mol. The molecule has 2 aromatic heterocycles. The topological polar surface area (TPSA) is 50.4 Å². The van der Waals surface area contributed by atoms with Gasteiger partial charge in [0.05, 0.1) is 11.9 Å². The van der Waals surface area contributed by atoms with Gasteiger partial charge in [0.25, 0.3) is 0 Å². The van der Waals surface area contributed by atoms with Gasteiger partial charge in [-0.05, 0) is 34.7 Å². The van der Waals surface area contributed by atoms with Crippen molar-refractivity contribution in [1.82, 2.24) is 14.6 Å². The van der Waals surface area contributed by atoms with Gasteiger partial charge in [-0.15, -0.1) is 0 Å². The number of aliphatic hydroxyl groups excluding tert-OH is 1. The summed E-state index contributed by atoms with van der Waals surface area (Å²) in [5.41, 5.74) is 1.70. The van der Waals surface area contributed by atoms with E-state index >= 15 is 0 Å². The molecule has 0 radical (unpaired) electrons. The molecule has 0 aliphatic carbocycles. The van der Waals surface area contributed by atoms with E-state index in [1.807, 2.05) is 18.3 Å². The van der Waals surface area contributed by atoms with Gasteiger partial charge in [0.1, 0.15) is 3.70 Å². The van der Waals surface area contributed by atoms with E-state index in [4.69, 9.17) is 5.11 Å². The van der Waals surface area contributed by atoms with E-state index in [0.29, 0.717) is 6.42 Å². The molecular formula is C8H8IN3O. The van der Waals surface area contributed by atoms with Crippen LogP contribution in [-0.4, -0.2) is 26.3 Å². The minimum atomic E-state index is 0.126. The molecule has 13 heavy (non-hydrogen) atoms. The highest BCUT2D eigenvalue weighted by Gasteiger charge is 2.01. The van der Waals surface area contributed by atoms with Crippen LogP contribution < -0.4 is 0 Å². The van der Waals surface area contributed by atoms with Crippen molar-refractivity contribution >= 4 is 28.2 Å². The van der Waals surface area contributed by atoms with E-state index < -0.39 is 0 Å². The fraction of sp³-hybridized carbons (Fsp3) is 0.250. The highest BCUT2D eigenvalue weighted by Crippen LogP contribution is 2.06. The molecule has 0 amide bonds. The van der Waals surface area contributed by atoms with Crippen LogP contribution in [0.15, 0.2) is 18.3 Å². The maximum Gasteiger partial charge on any atom is 0.153 e. The standard InChI is InChI=1S/C8H8IN3O/c9-7-1-2-8-10-6(3-4-13)5-12(8)11-7/h1-2,5,13H,3-4H2. The highest BCUT2D eigenvalue weighted by atomic mass is 127. The van der Waals surface area contributed by atoms with Crippen LogP contribution in [0, 0.1) is 3.70 Å². The third kappa shape index (κ3) is 1.80. The van der Waals surface area contributed by atoms with Crippen molar-refractivity contribution in [3.8, 4) is 0 Å². The Morgan fingerprint density at radius 3 is 3.08 bits per heavy atom. The number of hydrogen-bond acceptors (Lipinski definition) is 3. The Bertz CT molecular complexity index is 426. The molecule has 4 nitrogen and oxygen atoms in total. The average Bonchev–Trinajstić information content (AvgIpc) is 2.46. The van der Waals surface area contributed by atoms with Crippen LogP contribution >= 0.6 is 22.6 Å². The second kappa shape index (κ2) is 3.59.